The Kier molecular flexibility index (Phi) is 4.85. The minimum atomic E-state index is -0.925. The standard InChI is InChI=1S/C15H23N3O4/c1-10(2)12-8-11(17-18(12)3)14(21)16-15(9-13(19)20)4-6-22-7-5-15/h8,10H,4-7,9H2,1-3H3,(H,16,21)(H,19,20). The van der Waals surface area contributed by atoms with E-state index in [0.29, 0.717) is 31.7 Å². The lowest BCUT2D eigenvalue weighted by Gasteiger charge is -2.36. The molecule has 0 unspecified atom stereocenters. The maximum absolute atomic E-state index is 12.5. The summed E-state index contributed by atoms with van der Waals surface area (Å²) in [5.41, 5.74) is 0.531. The molecule has 1 saturated heterocycles. The third-order valence-corrected chi connectivity index (χ3v) is 4.06. The average molecular weight is 309 g/mol. The predicted molar refractivity (Wildman–Crippen MR) is 79.8 cm³/mol. The van der Waals surface area contributed by atoms with Gasteiger partial charge in [0.2, 0.25) is 0 Å². The summed E-state index contributed by atoms with van der Waals surface area (Å²) in [5.74, 6) is -0.994. The van der Waals surface area contributed by atoms with Gasteiger partial charge in [-0.05, 0) is 24.8 Å². The van der Waals surface area contributed by atoms with Gasteiger partial charge in [-0.15, -0.1) is 0 Å². The molecule has 2 heterocycles. The predicted octanol–water partition coefficient (Wildman–Crippen LogP) is 1.30. The van der Waals surface area contributed by atoms with Crippen LogP contribution >= 0.6 is 0 Å². The molecule has 0 bridgehead atoms. The first-order valence-electron chi connectivity index (χ1n) is 7.49. The van der Waals surface area contributed by atoms with Crippen LogP contribution in [0, 0.1) is 0 Å². The van der Waals surface area contributed by atoms with Gasteiger partial charge in [0.05, 0.1) is 12.0 Å². The summed E-state index contributed by atoms with van der Waals surface area (Å²) in [6.45, 7) is 4.96. The zero-order valence-electron chi connectivity index (χ0n) is 13.3. The molecule has 2 N–H and O–H groups in total. The SMILES string of the molecule is CC(C)c1cc(C(=O)NC2(CC(=O)O)CCOCC2)nn1C. The topological polar surface area (TPSA) is 93.5 Å². The minimum Gasteiger partial charge on any atom is -0.481 e. The monoisotopic (exact) mass is 309 g/mol. The lowest BCUT2D eigenvalue weighted by atomic mass is 9.86. The molecule has 1 fully saturated rings. The lowest BCUT2D eigenvalue weighted by Crippen LogP contribution is -2.53. The van der Waals surface area contributed by atoms with Crippen molar-refractivity contribution in [1.29, 1.82) is 0 Å². The van der Waals surface area contributed by atoms with Gasteiger partial charge in [0.1, 0.15) is 5.69 Å². The smallest absolute Gasteiger partial charge is 0.305 e. The first kappa shape index (κ1) is 16.5. The number of hydrogen-bond acceptors (Lipinski definition) is 4. The second-order valence-corrected chi connectivity index (χ2v) is 6.15. The van der Waals surface area contributed by atoms with Crippen molar-refractivity contribution in [1.82, 2.24) is 15.1 Å². The fourth-order valence-corrected chi connectivity index (χ4v) is 2.84. The molecule has 1 amide bonds. The number of carboxylic acid groups (broad SMARTS) is 1. The third kappa shape index (κ3) is 3.65. The van der Waals surface area contributed by atoms with E-state index < -0.39 is 11.5 Å². The molecule has 7 nitrogen and oxygen atoms in total. The van der Waals surface area contributed by atoms with Crippen LogP contribution in [0.4, 0.5) is 0 Å². The van der Waals surface area contributed by atoms with Crippen molar-refractivity contribution in [2.24, 2.45) is 7.05 Å². The van der Waals surface area contributed by atoms with Gasteiger partial charge in [-0.3, -0.25) is 14.3 Å². The number of ether oxygens (including phenoxy) is 1. The van der Waals surface area contributed by atoms with E-state index >= 15 is 0 Å². The largest absolute Gasteiger partial charge is 0.481 e. The summed E-state index contributed by atoms with van der Waals surface area (Å²) in [4.78, 5) is 23.6. The van der Waals surface area contributed by atoms with Crippen LogP contribution in [0.15, 0.2) is 6.07 Å². The highest BCUT2D eigenvalue weighted by Crippen LogP contribution is 2.25. The fraction of sp³-hybridized carbons (Fsp3) is 0.667. The maximum Gasteiger partial charge on any atom is 0.305 e. The quantitative estimate of drug-likeness (QED) is 0.855. The van der Waals surface area contributed by atoms with Crippen LogP contribution in [0.3, 0.4) is 0 Å². The number of rotatable bonds is 5. The Morgan fingerprint density at radius 1 is 1.45 bits per heavy atom. The van der Waals surface area contributed by atoms with Gasteiger partial charge in [-0.25, -0.2) is 0 Å². The number of amides is 1. The third-order valence-electron chi connectivity index (χ3n) is 4.06. The number of nitrogens with zero attached hydrogens (tertiary/aromatic N) is 2. The summed E-state index contributed by atoms with van der Waals surface area (Å²) >= 11 is 0. The second kappa shape index (κ2) is 6.48. The molecule has 0 aromatic carbocycles. The molecule has 122 valence electrons. The van der Waals surface area contributed by atoms with Gasteiger partial charge in [-0.1, -0.05) is 13.8 Å². The van der Waals surface area contributed by atoms with Crippen LogP contribution in [0.5, 0.6) is 0 Å². The summed E-state index contributed by atoms with van der Waals surface area (Å²) < 4.78 is 6.97. The average Bonchev–Trinajstić information content (AvgIpc) is 2.81. The summed E-state index contributed by atoms with van der Waals surface area (Å²) in [7, 11) is 1.80. The Balaban J connectivity index is 2.17. The van der Waals surface area contributed by atoms with E-state index in [2.05, 4.69) is 10.4 Å². The molecule has 1 aromatic heterocycles. The number of aryl methyl sites for hydroxylation is 1. The molecule has 22 heavy (non-hydrogen) atoms. The fourth-order valence-electron chi connectivity index (χ4n) is 2.84. The first-order valence-corrected chi connectivity index (χ1v) is 7.49. The minimum absolute atomic E-state index is 0.105. The van der Waals surface area contributed by atoms with Gasteiger partial charge < -0.3 is 15.2 Å². The van der Waals surface area contributed by atoms with E-state index in [1.165, 1.54) is 0 Å². The number of carbonyl (C=O) groups excluding carboxylic acids is 1. The lowest BCUT2D eigenvalue weighted by molar-refractivity contribution is -0.139. The second-order valence-electron chi connectivity index (χ2n) is 6.15. The zero-order chi connectivity index (χ0) is 16.3. The molecular formula is C15H23N3O4. The molecule has 1 aromatic rings. The van der Waals surface area contributed by atoms with E-state index in [-0.39, 0.29) is 18.2 Å². The molecule has 7 heteroatoms. The highest BCUT2D eigenvalue weighted by molar-refractivity contribution is 5.93. The van der Waals surface area contributed by atoms with E-state index in [0.717, 1.165) is 5.69 Å². The van der Waals surface area contributed by atoms with E-state index in [4.69, 9.17) is 9.84 Å². The molecular weight excluding hydrogens is 286 g/mol. The molecule has 0 saturated carbocycles. The molecule has 2 rings (SSSR count). The van der Waals surface area contributed by atoms with E-state index in [1.54, 1.807) is 17.8 Å². The normalized spacial score (nSPS) is 17.5. The van der Waals surface area contributed by atoms with Crippen molar-refractivity contribution in [2.45, 2.75) is 44.6 Å². The Hall–Kier alpha value is -1.89. The summed E-state index contributed by atoms with van der Waals surface area (Å²) in [6, 6.07) is 1.76. The zero-order valence-corrected chi connectivity index (χ0v) is 13.3. The van der Waals surface area contributed by atoms with Crippen molar-refractivity contribution < 1.29 is 19.4 Å². The van der Waals surface area contributed by atoms with Crippen LogP contribution in [-0.2, 0) is 16.6 Å². The van der Waals surface area contributed by atoms with Gasteiger partial charge in [0.25, 0.3) is 5.91 Å². The molecule has 0 atom stereocenters. The van der Waals surface area contributed by atoms with Gasteiger partial charge in [0, 0.05) is 26.0 Å². The van der Waals surface area contributed by atoms with E-state index in [1.807, 2.05) is 13.8 Å². The van der Waals surface area contributed by atoms with Crippen LogP contribution in [0.1, 0.15) is 55.2 Å². The van der Waals surface area contributed by atoms with Crippen molar-refractivity contribution in [2.75, 3.05) is 13.2 Å². The number of aromatic nitrogens is 2. The Morgan fingerprint density at radius 3 is 2.59 bits per heavy atom. The molecule has 1 aliphatic rings. The van der Waals surface area contributed by atoms with Gasteiger partial charge in [0.15, 0.2) is 0 Å². The van der Waals surface area contributed by atoms with Crippen molar-refractivity contribution in [3.05, 3.63) is 17.5 Å². The highest BCUT2D eigenvalue weighted by atomic mass is 16.5. The Bertz CT molecular complexity index is 559. The van der Waals surface area contributed by atoms with Crippen LogP contribution in [0.2, 0.25) is 0 Å². The van der Waals surface area contributed by atoms with Crippen LogP contribution < -0.4 is 5.32 Å². The number of aliphatic carboxylic acids is 1. The van der Waals surface area contributed by atoms with Crippen molar-refractivity contribution in [3.63, 3.8) is 0 Å². The molecule has 1 aliphatic heterocycles. The summed E-state index contributed by atoms with van der Waals surface area (Å²) in [6.07, 6.45) is 0.885. The Labute approximate surface area is 129 Å². The number of carbonyl (C=O) groups is 2. The van der Waals surface area contributed by atoms with Gasteiger partial charge in [-0.2, -0.15) is 5.10 Å². The van der Waals surface area contributed by atoms with Gasteiger partial charge >= 0.3 is 5.97 Å². The van der Waals surface area contributed by atoms with Crippen LogP contribution in [-0.4, -0.2) is 45.5 Å². The van der Waals surface area contributed by atoms with E-state index in [9.17, 15) is 9.59 Å². The summed E-state index contributed by atoms with van der Waals surface area (Å²) in [5, 5.41) is 16.2. The first-order chi connectivity index (χ1) is 10.3. The number of hydrogen-bond donors (Lipinski definition) is 2. The highest BCUT2D eigenvalue weighted by Gasteiger charge is 2.37. The number of carboxylic acids is 1. The maximum atomic E-state index is 12.5. The Morgan fingerprint density at radius 2 is 2.09 bits per heavy atom. The van der Waals surface area contributed by atoms with Crippen molar-refractivity contribution in [3.8, 4) is 0 Å². The number of nitrogens with one attached hydrogen (secondary N) is 1. The van der Waals surface area contributed by atoms with Crippen molar-refractivity contribution >= 4 is 11.9 Å². The van der Waals surface area contributed by atoms with Crippen LogP contribution in [0.25, 0.3) is 0 Å². The molecule has 0 radical (unpaired) electrons. The molecule has 0 aliphatic carbocycles. The molecule has 0 spiro atoms.